The lowest BCUT2D eigenvalue weighted by Crippen LogP contribution is -2.28. The van der Waals surface area contributed by atoms with Crippen molar-refractivity contribution in [2.75, 3.05) is 5.32 Å². The minimum absolute atomic E-state index is 0.196. The van der Waals surface area contributed by atoms with E-state index in [1.54, 1.807) is 13.0 Å². The maximum Gasteiger partial charge on any atom is 0.255 e. The van der Waals surface area contributed by atoms with Crippen LogP contribution in [-0.2, 0) is 16.1 Å². The molecule has 2 heterocycles. The first-order valence-electron chi connectivity index (χ1n) is 7.14. The molecule has 0 bridgehead atoms. The van der Waals surface area contributed by atoms with Gasteiger partial charge in [0.2, 0.25) is 5.95 Å². The summed E-state index contributed by atoms with van der Waals surface area (Å²) in [6.45, 7) is 2.05. The smallest absolute Gasteiger partial charge is 0.255 e. The van der Waals surface area contributed by atoms with Crippen molar-refractivity contribution in [2.45, 2.75) is 19.6 Å². The molecule has 3 aromatic rings. The lowest BCUT2D eigenvalue weighted by atomic mass is 10.2. The van der Waals surface area contributed by atoms with Crippen molar-refractivity contribution in [2.24, 2.45) is 0 Å². The molecule has 0 saturated heterocycles. The van der Waals surface area contributed by atoms with Crippen molar-refractivity contribution in [3.05, 3.63) is 54.5 Å². The van der Waals surface area contributed by atoms with Crippen LogP contribution in [0.5, 0.6) is 0 Å². The van der Waals surface area contributed by atoms with E-state index in [2.05, 4.69) is 20.5 Å². The largest absolute Gasteiger partial charge is 0.472 e. The fourth-order valence-electron chi connectivity index (χ4n) is 1.93. The van der Waals surface area contributed by atoms with Crippen LogP contribution in [0.15, 0.2) is 53.3 Å². The summed E-state index contributed by atoms with van der Waals surface area (Å²) in [6, 6.07) is 11.4. The number of anilines is 1. The van der Waals surface area contributed by atoms with Crippen LogP contribution in [0.2, 0.25) is 0 Å². The van der Waals surface area contributed by atoms with Gasteiger partial charge in [0, 0.05) is 0 Å². The van der Waals surface area contributed by atoms with Crippen LogP contribution >= 0.6 is 0 Å². The Morgan fingerprint density at radius 1 is 1.35 bits per heavy atom. The van der Waals surface area contributed by atoms with Crippen LogP contribution in [-0.4, -0.2) is 27.2 Å². The highest BCUT2D eigenvalue weighted by Gasteiger charge is 2.16. The fraction of sp³-hybridized carbons (Fsp3) is 0.188. The Labute approximate surface area is 132 Å². The first kappa shape index (κ1) is 15.0. The van der Waals surface area contributed by atoms with E-state index in [1.807, 2.05) is 30.3 Å². The van der Waals surface area contributed by atoms with Crippen molar-refractivity contribution >= 4 is 11.9 Å². The Bertz CT molecular complexity index is 753. The van der Waals surface area contributed by atoms with E-state index < -0.39 is 6.10 Å². The highest BCUT2D eigenvalue weighted by molar-refractivity contribution is 5.92. The maximum atomic E-state index is 12.1. The molecular weight excluding hydrogens is 296 g/mol. The molecule has 0 radical (unpaired) electrons. The molecule has 7 heteroatoms. The van der Waals surface area contributed by atoms with Gasteiger partial charge in [-0.15, -0.1) is 5.10 Å². The van der Waals surface area contributed by atoms with Gasteiger partial charge >= 0.3 is 0 Å². The molecule has 1 atom stereocenters. The van der Waals surface area contributed by atoms with E-state index in [9.17, 15) is 4.79 Å². The number of ether oxygens (including phenoxy) is 1. The topological polar surface area (TPSA) is 93.0 Å². The third kappa shape index (κ3) is 3.83. The van der Waals surface area contributed by atoms with Crippen LogP contribution < -0.4 is 5.32 Å². The third-order valence-electron chi connectivity index (χ3n) is 3.23. The van der Waals surface area contributed by atoms with Gasteiger partial charge in [-0.25, -0.2) is 0 Å². The summed E-state index contributed by atoms with van der Waals surface area (Å²) in [5.74, 6) is 0.409. The van der Waals surface area contributed by atoms with Crippen LogP contribution in [0.3, 0.4) is 0 Å². The minimum atomic E-state index is -0.619. The molecule has 2 N–H and O–H groups in total. The van der Waals surface area contributed by atoms with Gasteiger partial charge in [-0.3, -0.25) is 15.2 Å². The monoisotopic (exact) mass is 312 g/mol. The number of benzene rings is 1. The van der Waals surface area contributed by atoms with Crippen molar-refractivity contribution in [3.63, 3.8) is 0 Å². The van der Waals surface area contributed by atoms with E-state index in [1.165, 1.54) is 12.5 Å². The molecule has 0 fully saturated rings. The summed E-state index contributed by atoms with van der Waals surface area (Å²) in [6.07, 6.45) is 2.46. The summed E-state index contributed by atoms with van der Waals surface area (Å²) in [7, 11) is 0. The van der Waals surface area contributed by atoms with Gasteiger partial charge in [0.25, 0.3) is 5.91 Å². The Morgan fingerprint density at radius 3 is 2.91 bits per heavy atom. The number of H-pyrrole nitrogens is 1. The molecule has 0 spiro atoms. The van der Waals surface area contributed by atoms with Gasteiger partial charge in [-0.2, -0.15) is 4.98 Å². The standard InChI is InChI=1S/C16H16N4O3/c1-11(23-9-12-5-3-2-4-6-12)15(21)18-16-17-14(19-20-16)13-7-8-22-10-13/h2-8,10-11H,9H2,1H3,(H2,17,18,19,20,21)/t11-/m0/s1. The van der Waals surface area contributed by atoms with Crippen molar-refractivity contribution < 1.29 is 13.9 Å². The number of carbonyl (C=O) groups excluding carboxylic acids is 1. The van der Waals surface area contributed by atoms with Gasteiger partial charge in [0.15, 0.2) is 5.82 Å². The average Bonchev–Trinajstić information content (AvgIpc) is 3.24. The van der Waals surface area contributed by atoms with Crippen LogP contribution in [0.25, 0.3) is 11.4 Å². The summed E-state index contributed by atoms with van der Waals surface area (Å²) >= 11 is 0. The van der Waals surface area contributed by atoms with Gasteiger partial charge < -0.3 is 9.15 Å². The summed E-state index contributed by atoms with van der Waals surface area (Å²) in [5, 5.41) is 9.29. The first-order valence-corrected chi connectivity index (χ1v) is 7.14. The number of aromatic nitrogens is 3. The number of hydrogen-bond donors (Lipinski definition) is 2. The molecule has 2 aromatic heterocycles. The number of amides is 1. The van der Waals surface area contributed by atoms with E-state index >= 15 is 0 Å². The first-order chi connectivity index (χ1) is 11.2. The number of nitrogens with zero attached hydrogens (tertiary/aromatic N) is 2. The predicted molar refractivity (Wildman–Crippen MR) is 83.4 cm³/mol. The zero-order chi connectivity index (χ0) is 16.1. The van der Waals surface area contributed by atoms with Gasteiger partial charge in [-0.05, 0) is 18.6 Å². The van der Waals surface area contributed by atoms with Gasteiger partial charge in [0.1, 0.15) is 12.4 Å². The molecule has 0 saturated carbocycles. The summed E-state index contributed by atoms with van der Waals surface area (Å²) in [5.41, 5.74) is 1.76. The average molecular weight is 312 g/mol. The minimum Gasteiger partial charge on any atom is -0.472 e. The molecule has 0 aliphatic carbocycles. The van der Waals surface area contributed by atoms with Crippen LogP contribution in [0.1, 0.15) is 12.5 Å². The number of furan rings is 1. The highest BCUT2D eigenvalue weighted by atomic mass is 16.5. The molecule has 0 unspecified atom stereocenters. The molecule has 23 heavy (non-hydrogen) atoms. The van der Waals surface area contributed by atoms with E-state index in [0.29, 0.717) is 12.4 Å². The molecule has 118 valence electrons. The molecular formula is C16H16N4O3. The molecule has 1 amide bonds. The zero-order valence-electron chi connectivity index (χ0n) is 12.5. The third-order valence-corrected chi connectivity index (χ3v) is 3.23. The van der Waals surface area contributed by atoms with E-state index in [0.717, 1.165) is 11.1 Å². The lowest BCUT2D eigenvalue weighted by Gasteiger charge is -2.11. The second-order valence-corrected chi connectivity index (χ2v) is 4.95. The van der Waals surface area contributed by atoms with Gasteiger partial charge in [-0.1, -0.05) is 30.3 Å². The molecule has 1 aromatic carbocycles. The summed E-state index contributed by atoms with van der Waals surface area (Å²) in [4.78, 5) is 16.3. The van der Waals surface area contributed by atoms with Crippen molar-refractivity contribution in [3.8, 4) is 11.4 Å². The zero-order valence-corrected chi connectivity index (χ0v) is 12.5. The summed E-state index contributed by atoms with van der Waals surface area (Å²) < 4.78 is 10.5. The molecule has 0 aliphatic rings. The lowest BCUT2D eigenvalue weighted by molar-refractivity contribution is -0.127. The number of nitrogens with one attached hydrogen (secondary N) is 2. The molecule has 7 nitrogen and oxygen atoms in total. The second-order valence-electron chi connectivity index (χ2n) is 4.95. The SMILES string of the molecule is C[C@H](OCc1ccccc1)C(=O)Nc1n[nH]c(-c2ccoc2)n1. The Morgan fingerprint density at radius 2 is 2.17 bits per heavy atom. The predicted octanol–water partition coefficient (Wildman–Crippen LogP) is 2.61. The number of carbonyl (C=O) groups is 1. The van der Waals surface area contributed by atoms with E-state index in [4.69, 9.17) is 9.15 Å². The fourth-order valence-corrected chi connectivity index (χ4v) is 1.93. The van der Waals surface area contributed by atoms with Crippen molar-refractivity contribution in [1.82, 2.24) is 15.2 Å². The number of aromatic amines is 1. The van der Waals surface area contributed by atoms with Gasteiger partial charge in [0.05, 0.1) is 18.4 Å². The van der Waals surface area contributed by atoms with Crippen molar-refractivity contribution in [1.29, 1.82) is 0 Å². The Kier molecular flexibility index (Phi) is 4.49. The molecule has 0 aliphatic heterocycles. The van der Waals surface area contributed by atoms with Crippen LogP contribution in [0.4, 0.5) is 5.95 Å². The Hall–Kier alpha value is -2.93. The number of rotatable bonds is 6. The normalized spacial score (nSPS) is 12.0. The Balaban J connectivity index is 1.54. The quantitative estimate of drug-likeness (QED) is 0.730. The maximum absolute atomic E-state index is 12.1. The molecule has 3 rings (SSSR count). The second kappa shape index (κ2) is 6.89. The highest BCUT2D eigenvalue weighted by Crippen LogP contribution is 2.16. The van der Waals surface area contributed by atoms with Crippen LogP contribution in [0, 0.1) is 0 Å². The number of hydrogen-bond acceptors (Lipinski definition) is 5. The van der Waals surface area contributed by atoms with E-state index in [-0.39, 0.29) is 11.9 Å².